The second kappa shape index (κ2) is 19.5. The fourth-order valence-electron chi connectivity index (χ4n) is 7.15. The van der Waals surface area contributed by atoms with Crippen molar-refractivity contribution in [3.63, 3.8) is 0 Å². The Morgan fingerprint density at radius 1 is 1.04 bits per heavy atom. The highest BCUT2D eigenvalue weighted by Gasteiger charge is 2.36. The molecule has 2 heterocycles. The van der Waals surface area contributed by atoms with E-state index in [1.807, 2.05) is 43.0 Å². The molecule has 0 radical (unpaired) electrons. The van der Waals surface area contributed by atoms with Crippen LogP contribution in [0.1, 0.15) is 110 Å². The number of piperazine rings is 1. The Kier molecular flexibility index (Phi) is 15.4. The van der Waals surface area contributed by atoms with E-state index >= 15 is 0 Å². The molecule has 1 saturated heterocycles. The van der Waals surface area contributed by atoms with Crippen molar-refractivity contribution in [2.24, 2.45) is 17.8 Å². The zero-order valence-corrected chi connectivity index (χ0v) is 30.7. The zero-order valence-electron chi connectivity index (χ0n) is 30.7. The minimum atomic E-state index is -1.51. The SMILES string of the molecule is C/C(=C\C=C\[C@@H](C)Cn1cc(C2CC2)nn1)[C@@H](C=O)[C@@H](C)/C=C/[C@H](OC(=O)N1CCN(C2CCCCCC2)CC1)[C@@](C)(O)CC[C@H](O)CC=O. The molecular formula is C39H61N5O6. The highest BCUT2D eigenvalue weighted by molar-refractivity contribution is 5.68. The lowest BCUT2D eigenvalue weighted by Gasteiger charge is -2.40. The van der Waals surface area contributed by atoms with Crippen LogP contribution < -0.4 is 0 Å². The summed E-state index contributed by atoms with van der Waals surface area (Å²) in [5, 5.41) is 30.3. The van der Waals surface area contributed by atoms with Crippen LogP contribution in [0.3, 0.4) is 0 Å². The summed E-state index contributed by atoms with van der Waals surface area (Å²) in [7, 11) is 0. The lowest BCUT2D eigenvalue weighted by molar-refractivity contribution is -0.111. The van der Waals surface area contributed by atoms with Gasteiger partial charge in [-0.1, -0.05) is 74.6 Å². The van der Waals surface area contributed by atoms with Gasteiger partial charge in [-0.3, -0.25) is 9.58 Å². The minimum absolute atomic E-state index is 0.0275. The van der Waals surface area contributed by atoms with Crippen LogP contribution in [0.4, 0.5) is 4.79 Å². The maximum absolute atomic E-state index is 13.5. The number of amides is 1. The molecule has 0 aromatic carbocycles. The molecule has 6 atom stereocenters. The number of aromatic nitrogens is 3. The second-order valence-electron chi connectivity index (χ2n) is 15.2. The first kappa shape index (κ1) is 39.6. The van der Waals surface area contributed by atoms with Gasteiger partial charge < -0.3 is 29.4 Å². The highest BCUT2D eigenvalue weighted by Crippen LogP contribution is 2.38. The van der Waals surface area contributed by atoms with Crippen molar-refractivity contribution >= 4 is 18.7 Å². The van der Waals surface area contributed by atoms with Gasteiger partial charge in [0.1, 0.15) is 18.2 Å². The summed E-state index contributed by atoms with van der Waals surface area (Å²) in [6, 6.07) is 0.577. The molecule has 0 bridgehead atoms. The number of nitrogens with zero attached hydrogens (tertiary/aromatic N) is 5. The van der Waals surface area contributed by atoms with Crippen molar-refractivity contribution in [1.29, 1.82) is 0 Å². The molecule has 3 aliphatic rings. The number of carbonyl (C=O) groups is 3. The van der Waals surface area contributed by atoms with E-state index in [4.69, 9.17) is 4.74 Å². The molecule has 2 N–H and O–H groups in total. The van der Waals surface area contributed by atoms with Crippen molar-refractivity contribution < 1.29 is 29.3 Å². The summed E-state index contributed by atoms with van der Waals surface area (Å²) in [5.74, 6) is 0.131. The molecule has 2 saturated carbocycles. The fourth-order valence-corrected chi connectivity index (χ4v) is 7.15. The molecule has 1 aliphatic heterocycles. The molecule has 1 aromatic rings. The number of allylic oxidation sites excluding steroid dienone is 5. The fraction of sp³-hybridized carbons (Fsp3) is 0.718. The van der Waals surface area contributed by atoms with Gasteiger partial charge in [-0.05, 0) is 70.3 Å². The third-order valence-electron chi connectivity index (χ3n) is 10.8. The largest absolute Gasteiger partial charge is 0.439 e. The molecule has 4 rings (SSSR count). The van der Waals surface area contributed by atoms with Gasteiger partial charge in [0.25, 0.3) is 0 Å². The Hall–Kier alpha value is -3.15. The van der Waals surface area contributed by atoms with E-state index in [1.54, 1.807) is 17.9 Å². The van der Waals surface area contributed by atoms with Crippen molar-refractivity contribution in [2.45, 2.75) is 135 Å². The first-order valence-corrected chi connectivity index (χ1v) is 18.9. The van der Waals surface area contributed by atoms with Crippen molar-refractivity contribution in [3.8, 4) is 0 Å². The van der Waals surface area contributed by atoms with Gasteiger partial charge in [-0.15, -0.1) is 5.10 Å². The van der Waals surface area contributed by atoms with E-state index in [2.05, 4.69) is 28.2 Å². The highest BCUT2D eigenvalue weighted by atomic mass is 16.6. The van der Waals surface area contributed by atoms with E-state index in [0.29, 0.717) is 31.3 Å². The number of carbonyl (C=O) groups excluding carboxylic acids is 3. The number of rotatable bonds is 18. The average molecular weight is 696 g/mol. The first-order valence-electron chi connectivity index (χ1n) is 18.9. The number of aldehydes is 2. The van der Waals surface area contributed by atoms with Crippen molar-refractivity contribution in [3.05, 3.63) is 47.8 Å². The summed E-state index contributed by atoms with van der Waals surface area (Å²) >= 11 is 0. The van der Waals surface area contributed by atoms with E-state index in [-0.39, 0.29) is 31.1 Å². The molecule has 1 amide bonds. The van der Waals surface area contributed by atoms with Gasteiger partial charge in [0.05, 0.1) is 11.8 Å². The Balaban J connectivity index is 1.37. The molecule has 3 fully saturated rings. The number of aliphatic hydroxyl groups is 2. The van der Waals surface area contributed by atoms with Gasteiger partial charge in [0.15, 0.2) is 6.10 Å². The molecule has 0 spiro atoms. The molecule has 2 aliphatic carbocycles. The summed E-state index contributed by atoms with van der Waals surface area (Å²) in [6.45, 7) is 11.0. The van der Waals surface area contributed by atoms with Crippen LogP contribution in [0, 0.1) is 17.8 Å². The summed E-state index contributed by atoms with van der Waals surface area (Å²) in [5.41, 5.74) is 0.452. The minimum Gasteiger partial charge on any atom is -0.439 e. The maximum atomic E-state index is 13.5. The third kappa shape index (κ3) is 12.3. The Morgan fingerprint density at radius 2 is 1.74 bits per heavy atom. The summed E-state index contributed by atoms with van der Waals surface area (Å²) in [4.78, 5) is 40.9. The van der Waals surface area contributed by atoms with Crippen LogP contribution in [-0.4, -0.2) is 104 Å². The number of aliphatic hydroxyl groups excluding tert-OH is 1. The smallest absolute Gasteiger partial charge is 0.410 e. The molecule has 0 unspecified atom stereocenters. The number of hydrogen-bond acceptors (Lipinski definition) is 9. The van der Waals surface area contributed by atoms with Crippen LogP contribution in [0.5, 0.6) is 0 Å². The lowest BCUT2D eigenvalue weighted by Crippen LogP contribution is -2.53. The lowest BCUT2D eigenvalue weighted by atomic mass is 9.86. The second-order valence-corrected chi connectivity index (χ2v) is 15.2. The van der Waals surface area contributed by atoms with Gasteiger partial charge >= 0.3 is 6.09 Å². The van der Waals surface area contributed by atoms with Gasteiger partial charge in [-0.2, -0.15) is 0 Å². The number of ether oxygens (including phenoxy) is 1. The predicted octanol–water partition coefficient (Wildman–Crippen LogP) is 5.63. The van der Waals surface area contributed by atoms with Crippen LogP contribution in [0.15, 0.2) is 42.2 Å². The molecule has 11 heteroatoms. The molecular weight excluding hydrogens is 634 g/mol. The first-order chi connectivity index (χ1) is 24.0. The third-order valence-corrected chi connectivity index (χ3v) is 10.8. The van der Waals surface area contributed by atoms with Crippen LogP contribution >= 0.6 is 0 Å². The Bertz CT molecular complexity index is 1300. The van der Waals surface area contributed by atoms with E-state index in [9.17, 15) is 24.6 Å². The Labute approximate surface area is 298 Å². The number of hydrogen-bond donors (Lipinski definition) is 2. The normalized spacial score (nSPS) is 22.8. The zero-order chi connectivity index (χ0) is 36.1. The molecule has 50 heavy (non-hydrogen) atoms. The van der Waals surface area contributed by atoms with Crippen molar-refractivity contribution in [2.75, 3.05) is 26.2 Å². The van der Waals surface area contributed by atoms with Crippen molar-refractivity contribution in [1.82, 2.24) is 24.8 Å². The molecule has 1 aromatic heterocycles. The quantitative estimate of drug-likeness (QED) is 0.0867. The Morgan fingerprint density at radius 3 is 2.38 bits per heavy atom. The van der Waals surface area contributed by atoms with Gasteiger partial charge in [0.2, 0.25) is 0 Å². The van der Waals surface area contributed by atoms with Gasteiger partial charge in [-0.25, -0.2) is 4.79 Å². The summed E-state index contributed by atoms with van der Waals surface area (Å²) in [6.07, 6.45) is 20.9. The van der Waals surface area contributed by atoms with E-state index < -0.39 is 29.8 Å². The maximum Gasteiger partial charge on any atom is 0.410 e. The molecule has 278 valence electrons. The van der Waals surface area contributed by atoms with Crippen LogP contribution in [-0.2, 0) is 20.9 Å². The monoisotopic (exact) mass is 695 g/mol. The van der Waals surface area contributed by atoms with Gasteiger partial charge in [0, 0.05) is 63.2 Å². The van der Waals surface area contributed by atoms with E-state index in [0.717, 1.165) is 37.2 Å². The average Bonchev–Trinajstić information content (AvgIpc) is 3.90. The van der Waals surface area contributed by atoms with Crippen LogP contribution in [0.25, 0.3) is 0 Å². The van der Waals surface area contributed by atoms with E-state index in [1.165, 1.54) is 51.4 Å². The predicted molar refractivity (Wildman–Crippen MR) is 193 cm³/mol. The van der Waals surface area contributed by atoms with Crippen LogP contribution in [0.2, 0.25) is 0 Å². The summed E-state index contributed by atoms with van der Waals surface area (Å²) < 4.78 is 7.87. The standard InChI is InChI=1S/C39H61N5O6/c1-29(26-44-27-36(40-41-44)32-15-16-32)10-9-11-30(2)35(28-46)31(3)14-17-37(39(4,49)20-18-34(47)19-25-45)50-38(48)43-23-21-42(22-24-43)33-12-7-5-6-8-13-33/h9-11,14,17,25,27-29,31-35,37,47,49H,5-8,12-13,15-16,18-24,26H2,1-4H3/b10-9+,17-14+,30-11+/t29-,31+,34+,35-,37+,39+/m1/s1. The molecule has 11 nitrogen and oxygen atoms in total. The topological polar surface area (TPSA) is 138 Å².